The van der Waals surface area contributed by atoms with E-state index in [9.17, 15) is 15.3 Å². The molecule has 0 saturated carbocycles. The van der Waals surface area contributed by atoms with Crippen molar-refractivity contribution in [2.45, 2.75) is 58.3 Å². The summed E-state index contributed by atoms with van der Waals surface area (Å²) in [6.45, 7) is 21.2. The summed E-state index contributed by atoms with van der Waals surface area (Å²) in [7, 11) is 0. The highest BCUT2D eigenvalue weighted by molar-refractivity contribution is 4.78. The van der Waals surface area contributed by atoms with Gasteiger partial charge in [0.25, 0.3) is 0 Å². The van der Waals surface area contributed by atoms with Gasteiger partial charge in [0.2, 0.25) is 0 Å². The lowest BCUT2D eigenvalue weighted by atomic mass is 10.2. The highest BCUT2D eigenvalue weighted by atomic mass is 16.3. The Kier molecular flexibility index (Phi) is 13.6. The van der Waals surface area contributed by atoms with Crippen LogP contribution in [0.5, 0.6) is 0 Å². The fraction of sp³-hybridized carbons (Fsp3) is 1.00. The van der Waals surface area contributed by atoms with Crippen molar-refractivity contribution in [1.82, 2.24) is 24.5 Å². The highest BCUT2D eigenvalue weighted by Gasteiger charge is 2.22. The van der Waals surface area contributed by atoms with Crippen LogP contribution < -0.4 is 0 Å². The smallest absolute Gasteiger partial charge is 0.0664 e. The Hall–Kier alpha value is -0.320. The summed E-state index contributed by atoms with van der Waals surface area (Å²) < 4.78 is 0. The van der Waals surface area contributed by atoms with Gasteiger partial charge in [-0.2, -0.15) is 0 Å². The fourth-order valence-electron chi connectivity index (χ4n) is 4.54. The topological polar surface area (TPSA) is 76.9 Å². The quantitative estimate of drug-likeness (QED) is 0.313. The normalized spacial score (nSPS) is 23.0. The predicted molar refractivity (Wildman–Crippen MR) is 131 cm³/mol. The van der Waals surface area contributed by atoms with Crippen molar-refractivity contribution in [3.05, 3.63) is 0 Å². The standard InChI is InChI=1S/C24H51N5O3/c1-4-22(30)19-28-16-13-27(14-17-28)12-9-25-7-10-26(11-8-25)15-18-29(20-23(31)5-2)21-24(32)6-3/h22-24,30-32H,4-21H2,1-3H3. The maximum Gasteiger partial charge on any atom is 0.0664 e. The molecule has 0 aromatic heterocycles. The van der Waals surface area contributed by atoms with Gasteiger partial charge in [-0.05, 0) is 19.3 Å². The molecule has 0 aliphatic carbocycles. The van der Waals surface area contributed by atoms with Crippen molar-refractivity contribution in [2.75, 3.05) is 98.2 Å². The van der Waals surface area contributed by atoms with Gasteiger partial charge < -0.3 is 15.3 Å². The van der Waals surface area contributed by atoms with Crippen molar-refractivity contribution in [1.29, 1.82) is 0 Å². The Morgan fingerprint density at radius 3 is 1.34 bits per heavy atom. The van der Waals surface area contributed by atoms with E-state index in [4.69, 9.17) is 0 Å². The van der Waals surface area contributed by atoms with Gasteiger partial charge >= 0.3 is 0 Å². The molecule has 32 heavy (non-hydrogen) atoms. The summed E-state index contributed by atoms with van der Waals surface area (Å²) in [5, 5.41) is 30.0. The molecule has 2 aliphatic rings. The Labute approximate surface area is 196 Å². The molecule has 2 saturated heterocycles. The molecule has 0 spiro atoms. The number of aliphatic hydroxyl groups excluding tert-OH is 3. The highest BCUT2D eigenvalue weighted by Crippen LogP contribution is 2.07. The van der Waals surface area contributed by atoms with Crippen molar-refractivity contribution in [2.24, 2.45) is 0 Å². The second-order valence-corrected chi connectivity index (χ2v) is 9.77. The molecule has 3 unspecified atom stereocenters. The van der Waals surface area contributed by atoms with Crippen LogP contribution >= 0.6 is 0 Å². The van der Waals surface area contributed by atoms with Gasteiger partial charge in [-0.3, -0.25) is 24.5 Å². The van der Waals surface area contributed by atoms with E-state index in [1.54, 1.807) is 0 Å². The Morgan fingerprint density at radius 2 is 0.938 bits per heavy atom. The third-order valence-electron chi connectivity index (χ3n) is 7.22. The maximum atomic E-state index is 10.1. The zero-order valence-corrected chi connectivity index (χ0v) is 21.0. The van der Waals surface area contributed by atoms with Crippen LogP contribution in [0.15, 0.2) is 0 Å². The molecule has 2 rings (SSSR count). The average molecular weight is 458 g/mol. The molecule has 3 N–H and O–H groups in total. The number of piperazine rings is 2. The van der Waals surface area contributed by atoms with Gasteiger partial charge in [0.05, 0.1) is 18.3 Å². The number of rotatable bonds is 15. The summed E-state index contributed by atoms with van der Waals surface area (Å²) in [4.78, 5) is 12.3. The van der Waals surface area contributed by atoms with E-state index < -0.39 is 0 Å². The van der Waals surface area contributed by atoms with Crippen molar-refractivity contribution in [3.8, 4) is 0 Å². The minimum atomic E-state index is -0.311. The molecule has 0 radical (unpaired) electrons. The average Bonchev–Trinajstić information content (AvgIpc) is 2.82. The van der Waals surface area contributed by atoms with Crippen molar-refractivity contribution < 1.29 is 15.3 Å². The number of hydrogen-bond donors (Lipinski definition) is 3. The first-order chi connectivity index (χ1) is 15.4. The molecule has 0 aromatic carbocycles. The van der Waals surface area contributed by atoms with Crippen LogP contribution in [0.1, 0.15) is 40.0 Å². The minimum Gasteiger partial charge on any atom is -0.392 e. The molecule has 0 bridgehead atoms. The maximum absolute atomic E-state index is 10.1. The molecule has 2 fully saturated rings. The predicted octanol–water partition coefficient (Wildman–Crippen LogP) is -0.164. The van der Waals surface area contributed by atoms with Crippen LogP contribution in [0.25, 0.3) is 0 Å². The summed E-state index contributed by atoms with van der Waals surface area (Å²) in [6, 6.07) is 0. The Bertz CT molecular complexity index is 459. The van der Waals surface area contributed by atoms with Crippen molar-refractivity contribution in [3.63, 3.8) is 0 Å². The van der Waals surface area contributed by atoms with Crippen LogP contribution in [0.4, 0.5) is 0 Å². The second kappa shape index (κ2) is 15.6. The molecule has 2 aliphatic heterocycles. The van der Waals surface area contributed by atoms with Gasteiger partial charge in [-0.15, -0.1) is 0 Å². The SMILES string of the molecule is CCC(O)CN1CCN(CCN2CCN(CCN(CC(O)CC)CC(O)CC)CC2)CC1. The van der Waals surface area contributed by atoms with Crippen LogP contribution in [-0.2, 0) is 0 Å². The molecule has 0 amide bonds. The zero-order valence-electron chi connectivity index (χ0n) is 21.0. The Balaban J connectivity index is 1.60. The van der Waals surface area contributed by atoms with Gasteiger partial charge in [-0.1, -0.05) is 20.8 Å². The molecule has 0 aromatic rings. The lowest BCUT2D eigenvalue weighted by Crippen LogP contribution is -2.53. The minimum absolute atomic E-state index is 0.182. The molecular formula is C24H51N5O3. The molecule has 8 heteroatoms. The van der Waals surface area contributed by atoms with Crippen LogP contribution in [0.2, 0.25) is 0 Å². The molecular weight excluding hydrogens is 406 g/mol. The molecule has 3 atom stereocenters. The van der Waals surface area contributed by atoms with E-state index in [1.807, 2.05) is 20.8 Å². The van der Waals surface area contributed by atoms with Gasteiger partial charge in [0, 0.05) is 98.2 Å². The van der Waals surface area contributed by atoms with E-state index in [2.05, 4.69) is 24.5 Å². The van der Waals surface area contributed by atoms with Crippen LogP contribution in [0.3, 0.4) is 0 Å². The van der Waals surface area contributed by atoms with E-state index in [0.717, 1.165) is 104 Å². The van der Waals surface area contributed by atoms with Gasteiger partial charge in [-0.25, -0.2) is 0 Å². The van der Waals surface area contributed by atoms with E-state index in [-0.39, 0.29) is 18.3 Å². The number of hydrogen-bond acceptors (Lipinski definition) is 8. The first-order valence-corrected chi connectivity index (χ1v) is 13.1. The van der Waals surface area contributed by atoms with Crippen molar-refractivity contribution >= 4 is 0 Å². The second-order valence-electron chi connectivity index (χ2n) is 9.77. The monoisotopic (exact) mass is 457 g/mol. The summed E-state index contributed by atoms with van der Waals surface area (Å²) in [6.07, 6.45) is 1.55. The largest absolute Gasteiger partial charge is 0.392 e. The third-order valence-corrected chi connectivity index (χ3v) is 7.22. The zero-order chi connectivity index (χ0) is 23.3. The number of nitrogens with zero attached hydrogens (tertiary/aromatic N) is 5. The van der Waals surface area contributed by atoms with Crippen LogP contribution in [-0.4, -0.2) is 156 Å². The summed E-state index contributed by atoms with van der Waals surface area (Å²) in [5.74, 6) is 0. The lowest BCUT2D eigenvalue weighted by molar-refractivity contribution is 0.0502. The third kappa shape index (κ3) is 10.7. The first kappa shape index (κ1) is 27.9. The van der Waals surface area contributed by atoms with E-state index in [0.29, 0.717) is 13.1 Å². The molecule has 190 valence electrons. The van der Waals surface area contributed by atoms with E-state index >= 15 is 0 Å². The number of aliphatic hydroxyl groups is 3. The summed E-state index contributed by atoms with van der Waals surface area (Å²) in [5.41, 5.74) is 0. The molecule has 2 heterocycles. The number of β-amino-alcohol motifs (C(OH)–C–C–N with tert-alkyl or cyclic N) is 1. The molecule has 8 nitrogen and oxygen atoms in total. The van der Waals surface area contributed by atoms with Gasteiger partial charge in [0.1, 0.15) is 0 Å². The first-order valence-electron chi connectivity index (χ1n) is 13.1. The lowest BCUT2D eigenvalue weighted by Gasteiger charge is -2.39. The summed E-state index contributed by atoms with van der Waals surface area (Å²) >= 11 is 0. The van der Waals surface area contributed by atoms with Gasteiger partial charge in [0.15, 0.2) is 0 Å². The fourth-order valence-corrected chi connectivity index (χ4v) is 4.54. The Morgan fingerprint density at radius 1 is 0.562 bits per heavy atom. The van der Waals surface area contributed by atoms with Crippen LogP contribution in [0, 0.1) is 0 Å². The van der Waals surface area contributed by atoms with E-state index in [1.165, 1.54) is 0 Å².